The second-order valence-corrected chi connectivity index (χ2v) is 6.69. The zero-order valence-corrected chi connectivity index (χ0v) is 12.4. The van der Waals surface area contributed by atoms with Gasteiger partial charge in [-0.3, -0.25) is 0 Å². The number of nitrogens with zero attached hydrogens (tertiary/aromatic N) is 2. The van der Waals surface area contributed by atoms with Crippen LogP contribution >= 0.6 is 11.8 Å². The third kappa shape index (κ3) is 5.59. The molecule has 19 heavy (non-hydrogen) atoms. The topological polar surface area (TPSA) is 82.9 Å². The van der Waals surface area contributed by atoms with Gasteiger partial charge in [-0.15, -0.1) is 0 Å². The summed E-state index contributed by atoms with van der Waals surface area (Å²) in [4.78, 5) is 3.84. The van der Waals surface area contributed by atoms with Gasteiger partial charge in [0.15, 0.2) is 0 Å². The van der Waals surface area contributed by atoms with Gasteiger partial charge in [-0.1, -0.05) is 6.42 Å². The highest BCUT2D eigenvalue weighted by molar-refractivity contribution is 7.98. The lowest BCUT2D eigenvalue weighted by molar-refractivity contribution is 0.576. The maximum Gasteiger partial charge on any atom is 0.242 e. The smallest absolute Gasteiger partial charge is 0.242 e. The molecule has 0 amide bonds. The monoisotopic (exact) mass is 299 g/mol. The van der Waals surface area contributed by atoms with E-state index in [0.29, 0.717) is 6.54 Å². The van der Waals surface area contributed by atoms with Gasteiger partial charge in [0.05, 0.1) is 0 Å². The molecule has 1 aromatic rings. The summed E-state index contributed by atoms with van der Waals surface area (Å²) in [6.45, 7) is 0.427. The summed E-state index contributed by atoms with van der Waals surface area (Å²) in [5, 5.41) is 8.60. The fourth-order valence-electron chi connectivity index (χ4n) is 1.44. The molecule has 0 saturated heterocycles. The molecule has 0 fully saturated rings. The average Bonchev–Trinajstić information content (AvgIpc) is 2.43. The second kappa shape index (κ2) is 8.15. The molecule has 1 aromatic heterocycles. The standard InChI is InChI=1S/C12H17N3O2S2/c1-18-8-4-2-3-7-15-19(16,17)12-6-5-11(9-13)14-10-12/h5-6,10,15H,2-4,7-8H2,1H3. The lowest BCUT2D eigenvalue weighted by Gasteiger charge is -2.06. The Bertz CT molecular complexity index is 521. The van der Waals surface area contributed by atoms with Crippen molar-refractivity contribution in [2.75, 3.05) is 18.6 Å². The molecule has 1 heterocycles. The largest absolute Gasteiger partial charge is 0.244 e. The Morgan fingerprint density at radius 2 is 2.16 bits per heavy atom. The maximum absolute atomic E-state index is 11.9. The quantitative estimate of drug-likeness (QED) is 0.740. The van der Waals surface area contributed by atoms with Crippen LogP contribution in [0.4, 0.5) is 0 Å². The lowest BCUT2D eigenvalue weighted by Crippen LogP contribution is -2.25. The molecule has 0 spiro atoms. The van der Waals surface area contributed by atoms with E-state index in [1.165, 1.54) is 18.3 Å². The van der Waals surface area contributed by atoms with Crippen LogP contribution in [0.5, 0.6) is 0 Å². The maximum atomic E-state index is 11.9. The van der Waals surface area contributed by atoms with Gasteiger partial charge in [0.25, 0.3) is 0 Å². The summed E-state index contributed by atoms with van der Waals surface area (Å²) in [6.07, 6.45) is 6.19. The second-order valence-electron chi connectivity index (χ2n) is 3.94. The van der Waals surface area contributed by atoms with Crippen molar-refractivity contribution in [1.82, 2.24) is 9.71 Å². The van der Waals surface area contributed by atoms with Gasteiger partial charge in [0, 0.05) is 12.7 Å². The first kappa shape index (κ1) is 16.0. The number of thioether (sulfide) groups is 1. The van der Waals surface area contributed by atoms with Crippen molar-refractivity contribution >= 4 is 21.8 Å². The van der Waals surface area contributed by atoms with Crippen molar-refractivity contribution in [3.05, 3.63) is 24.0 Å². The molecule has 0 aliphatic rings. The molecule has 0 aromatic carbocycles. The number of sulfonamides is 1. The number of hydrogen-bond donors (Lipinski definition) is 1. The molecule has 104 valence electrons. The van der Waals surface area contributed by atoms with Crippen molar-refractivity contribution in [2.45, 2.75) is 24.2 Å². The Hall–Kier alpha value is -1.10. The molecular formula is C12H17N3O2S2. The van der Waals surface area contributed by atoms with E-state index in [0.717, 1.165) is 25.0 Å². The third-order valence-electron chi connectivity index (χ3n) is 2.48. The van der Waals surface area contributed by atoms with Crippen LogP contribution in [0.25, 0.3) is 0 Å². The predicted octanol–water partition coefficient (Wildman–Crippen LogP) is 1.76. The fraction of sp³-hybridized carbons (Fsp3) is 0.500. The molecule has 0 atom stereocenters. The van der Waals surface area contributed by atoms with Crippen LogP contribution in [0.15, 0.2) is 23.2 Å². The average molecular weight is 299 g/mol. The summed E-state index contributed by atoms with van der Waals surface area (Å²) in [5.41, 5.74) is 0.205. The van der Waals surface area contributed by atoms with Gasteiger partial charge in [0.2, 0.25) is 10.0 Å². The Morgan fingerprint density at radius 3 is 2.74 bits per heavy atom. The minimum Gasteiger partial charge on any atom is -0.244 e. The highest BCUT2D eigenvalue weighted by Gasteiger charge is 2.13. The first-order chi connectivity index (χ1) is 9.10. The summed E-state index contributed by atoms with van der Waals surface area (Å²) in [7, 11) is -3.51. The summed E-state index contributed by atoms with van der Waals surface area (Å²) in [6, 6.07) is 4.64. The van der Waals surface area contributed by atoms with Gasteiger partial charge in [-0.25, -0.2) is 18.1 Å². The molecule has 0 bridgehead atoms. The zero-order valence-electron chi connectivity index (χ0n) is 10.8. The third-order valence-corrected chi connectivity index (χ3v) is 4.62. The van der Waals surface area contributed by atoms with E-state index in [1.54, 1.807) is 11.8 Å². The molecule has 0 aliphatic carbocycles. The Morgan fingerprint density at radius 1 is 1.37 bits per heavy atom. The van der Waals surface area contributed by atoms with Gasteiger partial charge in [-0.05, 0) is 37.0 Å². The Labute approximate surface area is 118 Å². The van der Waals surface area contributed by atoms with Gasteiger partial charge in [0.1, 0.15) is 16.7 Å². The number of nitrogens with one attached hydrogen (secondary N) is 1. The van der Waals surface area contributed by atoms with E-state index in [9.17, 15) is 8.42 Å². The molecule has 1 rings (SSSR count). The van der Waals surface area contributed by atoms with E-state index < -0.39 is 10.0 Å². The van der Waals surface area contributed by atoms with Gasteiger partial charge >= 0.3 is 0 Å². The van der Waals surface area contributed by atoms with Crippen molar-refractivity contribution in [1.29, 1.82) is 5.26 Å². The number of unbranched alkanes of at least 4 members (excludes halogenated alkanes) is 2. The van der Waals surface area contributed by atoms with Crippen LogP contribution in [0, 0.1) is 11.3 Å². The van der Waals surface area contributed by atoms with Crippen molar-refractivity contribution < 1.29 is 8.42 Å². The van der Waals surface area contributed by atoms with Crippen molar-refractivity contribution in [3.63, 3.8) is 0 Å². The van der Waals surface area contributed by atoms with E-state index in [1.807, 2.05) is 6.07 Å². The molecule has 7 heteroatoms. The number of nitriles is 1. The first-order valence-electron chi connectivity index (χ1n) is 5.95. The van der Waals surface area contributed by atoms with Crippen LogP contribution in [-0.2, 0) is 10.0 Å². The summed E-state index contributed by atoms with van der Waals surface area (Å²) < 4.78 is 26.3. The fourth-order valence-corrected chi connectivity index (χ4v) is 2.95. The van der Waals surface area contributed by atoms with Gasteiger partial charge in [-0.2, -0.15) is 17.0 Å². The van der Waals surface area contributed by atoms with Gasteiger partial charge < -0.3 is 0 Å². The lowest BCUT2D eigenvalue weighted by atomic mass is 10.2. The number of rotatable bonds is 8. The molecule has 0 saturated carbocycles. The predicted molar refractivity (Wildman–Crippen MR) is 76.4 cm³/mol. The minimum absolute atomic E-state index is 0.0932. The Kier molecular flexibility index (Phi) is 6.84. The van der Waals surface area contributed by atoms with E-state index in [4.69, 9.17) is 5.26 Å². The number of aromatic nitrogens is 1. The molecule has 0 aliphatic heterocycles. The van der Waals surface area contributed by atoms with E-state index in [-0.39, 0.29) is 10.6 Å². The normalized spacial score (nSPS) is 11.2. The van der Waals surface area contributed by atoms with Crippen LogP contribution in [0.2, 0.25) is 0 Å². The molecular weight excluding hydrogens is 282 g/mol. The molecule has 0 radical (unpaired) electrons. The minimum atomic E-state index is -3.51. The van der Waals surface area contributed by atoms with E-state index in [2.05, 4.69) is 16.0 Å². The summed E-state index contributed by atoms with van der Waals surface area (Å²) >= 11 is 1.79. The summed E-state index contributed by atoms with van der Waals surface area (Å²) in [5.74, 6) is 1.10. The van der Waals surface area contributed by atoms with Crippen LogP contribution in [0.3, 0.4) is 0 Å². The molecule has 5 nitrogen and oxygen atoms in total. The van der Waals surface area contributed by atoms with Crippen LogP contribution < -0.4 is 4.72 Å². The van der Waals surface area contributed by atoms with Crippen molar-refractivity contribution in [2.24, 2.45) is 0 Å². The number of pyridine rings is 1. The van der Waals surface area contributed by atoms with Crippen LogP contribution in [0.1, 0.15) is 25.0 Å². The van der Waals surface area contributed by atoms with Crippen molar-refractivity contribution in [3.8, 4) is 6.07 Å². The zero-order chi connectivity index (χ0) is 14.1. The Balaban J connectivity index is 2.45. The van der Waals surface area contributed by atoms with E-state index >= 15 is 0 Å². The van der Waals surface area contributed by atoms with Crippen LogP contribution in [-0.4, -0.2) is 32.0 Å². The first-order valence-corrected chi connectivity index (χ1v) is 8.82. The SMILES string of the molecule is CSCCCCCNS(=O)(=O)c1ccc(C#N)nc1. The number of hydrogen-bond acceptors (Lipinski definition) is 5. The highest BCUT2D eigenvalue weighted by Crippen LogP contribution is 2.08. The highest BCUT2D eigenvalue weighted by atomic mass is 32.2. The molecule has 0 unspecified atom stereocenters. The molecule has 1 N–H and O–H groups in total.